The van der Waals surface area contributed by atoms with E-state index in [-0.39, 0.29) is 17.3 Å². The molecule has 0 aliphatic carbocycles. The van der Waals surface area contributed by atoms with Crippen LogP contribution in [0, 0.1) is 17.7 Å². The summed E-state index contributed by atoms with van der Waals surface area (Å²) in [6.07, 6.45) is 0.489. The highest BCUT2D eigenvalue weighted by Crippen LogP contribution is 2.08. The van der Waals surface area contributed by atoms with Gasteiger partial charge in [-0.3, -0.25) is 4.79 Å². The second kappa shape index (κ2) is 9.34. The van der Waals surface area contributed by atoms with Crippen molar-refractivity contribution in [3.05, 3.63) is 106 Å². The van der Waals surface area contributed by atoms with Crippen LogP contribution in [0.2, 0.25) is 0 Å². The van der Waals surface area contributed by atoms with Gasteiger partial charge in [-0.1, -0.05) is 42.2 Å². The number of carboxylic acid groups (broad SMARTS) is 1. The number of hydrogen-bond acceptors (Lipinski definition) is 2. The lowest BCUT2D eigenvalue weighted by Crippen LogP contribution is -2.22. The fraction of sp³-hybridized carbons (Fsp3) is 0.0833. The van der Waals surface area contributed by atoms with Crippen LogP contribution in [0.15, 0.2) is 72.8 Å². The van der Waals surface area contributed by atoms with Crippen molar-refractivity contribution in [3.63, 3.8) is 0 Å². The summed E-state index contributed by atoms with van der Waals surface area (Å²) in [6.45, 7) is 0.291. The van der Waals surface area contributed by atoms with Crippen LogP contribution < -0.4 is 5.32 Å². The van der Waals surface area contributed by atoms with E-state index < -0.39 is 5.97 Å². The maximum atomic E-state index is 12.9. The predicted octanol–water partition coefficient (Wildman–Crippen LogP) is 4.05. The number of halogens is 1. The minimum atomic E-state index is -0.988. The van der Waals surface area contributed by atoms with Gasteiger partial charge in [0.1, 0.15) is 5.82 Å². The van der Waals surface area contributed by atoms with Crippen LogP contribution in [0.3, 0.4) is 0 Å². The van der Waals surface area contributed by atoms with Gasteiger partial charge in [-0.15, -0.1) is 0 Å². The molecule has 0 aliphatic rings. The largest absolute Gasteiger partial charge is 0.478 e. The summed E-state index contributed by atoms with van der Waals surface area (Å²) in [5.74, 6) is 4.53. The molecule has 0 fully saturated rings. The first-order chi connectivity index (χ1) is 14.0. The highest BCUT2D eigenvalue weighted by atomic mass is 19.1. The molecule has 0 radical (unpaired) electrons. The maximum Gasteiger partial charge on any atom is 0.335 e. The van der Waals surface area contributed by atoms with E-state index >= 15 is 0 Å². The number of aromatic carboxylic acids is 1. The van der Waals surface area contributed by atoms with E-state index in [1.54, 1.807) is 42.5 Å². The predicted molar refractivity (Wildman–Crippen MR) is 108 cm³/mol. The molecule has 144 valence electrons. The van der Waals surface area contributed by atoms with Crippen LogP contribution in [0.1, 0.15) is 37.4 Å². The van der Waals surface area contributed by atoms with Crippen molar-refractivity contribution in [2.24, 2.45) is 0 Å². The molecule has 3 aromatic rings. The van der Waals surface area contributed by atoms with Gasteiger partial charge in [0.05, 0.1) is 5.56 Å². The summed E-state index contributed by atoms with van der Waals surface area (Å²) in [5, 5.41) is 11.7. The molecule has 0 bridgehead atoms. The number of carboxylic acids is 1. The second-order valence-electron chi connectivity index (χ2n) is 6.37. The molecular weight excluding hydrogens is 369 g/mol. The molecule has 29 heavy (non-hydrogen) atoms. The van der Waals surface area contributed by atoms with E-state index in [1.165, 1.54) is 24.3 Å². The van der Waals surface area contributed by atoms with Gasteiger partial charge in [0.25, 0.3) is 5.91 Å². The van der Waals surface area contributed by atoms with Crippen molar-refractivity contribution in [2.45, 2.75) is 13.0 Å². The summed E-state index contributed by atoms with van der Waals surface area (Å²) in [6, 6.07) is 19.5. The second-order valence-corrected chi connectivity index (χ2v) is 6.37. The Morgan fingerprint density at radius 1 is 0.897 bits per heavy atom. The van der Waals surface area contributed by atoms with Gasteiger partial charge in [-0.05, 0) is 53.6 Å². The highest BCUT2D eigenvalue weighted by Gasteiger charge is 2.06. The molecule has 1 amide bonds. The van der Waals surface area contributed by atoms with Crippen LogP contribution >= 0.6 is 0 Å². The Labute approximate surface area is 168 Å². The topological polar surface area (TPSA) is 66.4 Å². The molecule has 3 rings (SSSR count). The minimum Gasteiger partial charge on any atom is -0.478 e. The quantitative estimate of drug-likeness (QED) is 0.649. The summed E-state index contributed by atoms with van der Waals surface area (Å²) in [5.41, 5.74) is 3.12. The third kappa shape index (κ3) is 5.78. The SMILES string of the molecule is O=C(O)c1ccc(CNC(=O)c2cccc(C#CCc3ccc(F)cc3)c2)cc1. The zero-order chi connectivity index (χ0) is 20.6. The Kier molecular flexibility index (Phi) is 6.39. The van der Waals surface area contributed by atoms with E-state index in [4.69, 9.17) is 5.11 Å². The lowest BCUT2D eigenvalue weighted by molar-refractivity contribution is 0.0696. The highest BCUT2D eigenvalue weighted by molar-refractivity contribution is 5.94. The fourth-order valence-electron chi connectivity index (χ4n) is 2.64. The number of carbonyl (C=O) groups is 2. The Balaban J connectivity index is 1.59. The average Bonchev–Trinajstić information content (AvgIpc) is 2.74. The third-order valence-corrected chi connectivity index (χ3v) is 4.22. The molecule has 0 heterocycles. The first kappa shape index (κ1) is 19.8. The molecule has 3 aromatic carbocycles. The molecule has 0 saturated heterocycles. The lowest BCUT2D eigenvalue weighted by atomic mass is 10.1. The zero-order valence-corrected chi connectivity index (χ0v) is 15.5. The zero-order valence-electron chi connectivity index (χ0n) is 15.5. The lowest BCUT2D eigenvalue weighted by Gasteiger charge is -2.06. The monoisotopic (exact) mass is 387 g/mol. The van der Waals surface area contributed by atoms with Crippen molar-refractivity contribution in [1.82, 2.24) is 5.32 Å². The van der Waals surface area contributed by atoms with Crippen molar-refractivity contribution < 1.29 is 19.1 Å². The number of amides is 1. The third-order valence-electron chi connectivity index (χ3n) is 4.22. The molecule has 0 aromatic heterocycles. The molecule has 5 heteroatoms. The Bertz CT molecular complexity index is 1080. The standard InChI is InChI=1S/C24H18FNO3/c25-22-13-9-17(10-14-22)3-1-4-18-5-2-6-21(15-18)23(27)26-16-19-7-11-20(12-8-19)24(28)29/h2,5-15H,3,16H2,(H,26,27)(H,28,29). The molecule has 4 nitrogen and oxygen atoms in total. The Morgan fingerprint density at radius 2 is 1.59 bits per heavy atom. The van der Waals surface area contributed by atoms with E-state index in [0.717, 1.165) is 11.1 Å². The normalized spacial score (nSPS) is 9.97. The number of rotatable bonds is 5. The maximum absolute atomic E-state index is 12.9. The summed E-state index contributed by atoms with van der Waals surface area (Å²) in [4.78, 5) is 23.3. The molecule has 0 unspecified atom stereocenters. The summed E-state index contributed by atoms with van der Waals surface area (Å²) >= 11 is 0. The number of benzene rings is 3. The van der Waals surface area contributed by atoms with E-state index in [1.807, 2.05) is 6.07 Å². The smallest absolute Gasteiger partial charge is 0.335 e. The number of hydrogen-bond donors (Lipinski definition) is 2. The molecule has 0 aliphatic heterocycles. The van der Waals surface area contributed by atoms with Gasteiger partial charge in [0, 0.05) is 24.1 Å². The summed E-state index contributed by atoms with van der Waals surface area (Å²) in [7, 11) is 0. The van der Waals surface area contributed by atoms with E-state index in [9.17, 15) is 14.0 Å². The average molecular weight is 387 g/mol. The van der Waals surface area contributed by atoms with Crippen LogP contribution in [-0.2, 0) is 13.0 Å². The van der Waals surface area contributed by atoms with Crippen molar-refractivity contribution >= 4 is 11.9 Å². The van der Waals surface area contributed by atoms with Crippen LogP contribution in [0.4, 0.5) is 4.39 Å². The van der Waals surface area contributed by atoms with Gasteiger partial charge >= 0.3 is 5.97 Å². The van der Waals surface area contributed by atoms with Crippen LogP contribution in [0.5, 0.6) is 0 Å². The van der Waals surface area contributed by atoms with E-state index in [0.29, 0.717) is 24.1 Å². The Morgan fingerprint density at radius 3 is 2.28 bits per heavy atom. The van der Waals surface area contributed by atoms with E-state index in [2.05, 4.69) is 17.2 Å². The first-order valence-electron chi connectivity index (χ1n) is 8.95. The molecule has 0 atom stereocenters. The van der Waals surface area contributed by atoms with Crippen molar-refractivity contribution in [1.29, 1.82) is 0 Å². The van der Waals surface area contributed by atoms with Gasteiger partial charge in [-0.25, -0.2) is 9.18 Å². The van der Waals surface area contributed by atoms with Crippen LogP contribution in [-0.4, -0.2) is 17.0 Å². The molecular formula is C24H18FNO3. The Hall–Kier alpha value is -3.91. The number of carbonyl (C=O) groups excluding carboxylic acids is 1. The van der Waals surface area contributed by atoms with Crippen LogP contribution in [0.25, 0.3) is 0 Å². The van der Waals surface area contributed by atoms with Gasteiger partial charge in [0.2, 0.25) is 0 Å². The fourth-order valence-corrected chi connectivity index (χ4v) is 2.64. The van der Waals surface area contributed by atoms with Crippen molar-refractivity contribution in [3.8, 4) is 11.8 Å². The molecule has 0 saturated carbocycles. The van der Waals surface area contributed by atoms with Crippen molar-refractivity contribution in [2.75, 3.05) is 0 Å². The molecule has 0 spiro atoms. The van der Waals surface area contributed by atoms with Gasteiger partial charge in [-0.2, -0.15) is 0 Å². The van der Waals surface area contributed by atoms with Gasteiger partial charge in [0.15, 0.2) is 0 Å². The van der Waals surface area contributed by atoms with Gasteiger partial charge < -0.3 is 10.4 Å². The minimum absolute atomic E-state index is 0.201. The number of nitrogens with one attached hydrogen (secondary N) is 1. The summed E-state index contributed by atoms with van der Waals surface area (Å²) < 4.78 is 12.9. The molecule has 2 N–H and O–H groups in total. The first-order valence-corrected chi connectivity index (χ1v) is 8.95.